The lowest BCUT2D eigenvalue weighted by Gasteiger charge is -2.07. The Labute approximate surface area is 117 Å². The summed E-state index contributed by atoms with van der Waals surface area (Å²) in [5.74, 6) is 0.0342. The number of hydrogen-bond donors (Lipinski definition) is 2. The number of amides is 1. The summed E-state index contributed by atoms with van der Waals surface area (Å²) in [6.45, 7) is 0.992. The van der Waals surface area contributed by atoms with Crippen molar-refractivity contribution < 1.29 is 4.79 Å². The average molecular weight is 287 g/mol. The number of rotatable bonds is 6. The van der Waals surface area contributed by atoms with Crippen LogP contribution >= 0.6 is 23.2 Å². The molecular weight excluding hydrogens is 271 g/mol. The minimum absolute atomic E-state index is 0.0342. The lowest BCUT2D eigenvalue weighted by atomic mass is 10.1. The molecule has 0 radical (unpaired) electrons. The first-order valence-corrected chi connectivity index (χ1v) is 6.85. The fraction of sp³-hybridized carbons (Fsp3) is 0.462. The van der Waals surface area contributed by atoms with E-state index in [1.807, 2.05) is 6.07 Å². The van der Waals surface area contributed by atoms with Gasteiger partial charge in [-0.25, -0.2) is 0 Å². The molecule has 0 aromatic heterocycles. The Balaban J connectivity index is 1.68. The molecule has 1 amide bonds. The van der Waals surface area contributed by atoms with E-state index in [9.17, 15) is 4.79 Å². The highest BCUT2D eigenvalue weighted by atomic mass is 35.5. The van der Waals surface area contributed by atoms with Crippen molar-refractivity contribution in [1.29, 1.82) is 0 Å². The highest BCUT2D eigenvalue weighted by Crippen LogP contribution is 2.21. The summed E-state index contributed by atoms with van der Waals surface area (Å²) in [5.41, 5.74) is 0.997. The SMILES string of the molecule is O=C(CNC1CC1)NCCc1ccc(Cl)cc1Cl. The van der Waals surface area contributed by atoms with E-state index < -0.39 is 0 Å². The Morgan fingerprint density at radius 3 is 2.78 bits per heavy atom. The second-order valence-corrected chi connectivity index (χ2v) is 5.33. The standard InChI is InChI=1S/C13H16Cl2N2O/c14-10-2-1-9(12(15)7-10)5-6-16-13(18)8-17-11-3-4-11/h1-2,7,11,17H,3-6,8H2,(H,16,18). The van der Waals surface area contributed by atoms with Crippen molar-refractivity contribution in [2.45, 2.75) is 25.3 Å². The molecule has 0 aliphatic heterocycles. The van der Waals surface area contributed by atoms with Gasteiger partial charge in [0.05, 0.1) is 6.54 Å². The molecule has 1 fully saturated rings. The van der Waals surface area contributed by atoms with Crippen LogP contribution in [0.25, 0.3) is 0 Å². The third-order valence-corrected chi connectivity index (χ3v) is 3.45. The topological polar surface area (TPSA) is 41.1 Å². The lowest BCUT2D eigenvalue weighted by molar-refractivity contribution is -0.120. The molecule has 18 heavy (non-hydrogen) atoms. The molecule has 98 valence electrons. The number of nitrogens with one attached hydrogen (secondary N) is 2. The van der Waals surface area contributed by atoms with Gasteiger partial charge in [-0.2, -0.15) is 0 Å². The summed E-state index contributed by atoms with van der Waals surface area (Å²) in [5, 5.41) is 7.30. The number of carbonyl (C=O) groups is 1. The number of carbonyl (C=O) groups excluding carboxylic acids is 1. The van der Waals surface area contributed by atoms with Crippen LogP contribution in [0.2, 0.25) is 10.0 Å². The van der Waals surface area contributed by atoms with Crippen molar-refractivity contribution in [3.8, 4) is 0 Å². The van der Waals surface area contributed by atoms with Crippen LogP contribution in [-0.4, -0.2) is 25.0 Å². The van der Waals surface area contributed by atoms with Crippen LogP contribution < -0.4 is 10.6 Å². The molecule has 1 aromatic rings. The van der Waals surface area contributed by atoms with Gasteiger partial charge in [-0.15, -0.1) is 0 Å². The molecule has 1 aromatic carbocycles. The van der Waals surface area contributed by atoms with Crippen LogP contribution in [0.3, 0.4) is 0 Å². The van der Waals surface area contributed by atoms with Crippen LogP contribution in [0.5, 0.6) is 0 Å². The van der Waals surface area contributed by atoms with E-state index in [1.54, 1.807) is 12.1 Å². The zero-order chi connectivity index (χ0) is 13.0. The summed E-state index contributed by atoms with van der Waals surface area (Å²) in [6, 6.07) is 5.97. The van der Waals surface area contributed by atoms with Crippen LogP contribution in [0.1, 0.15) is 18.4 Å². The van der Waals surface area contributed by atoms with Gasteiger partial charge in [0.1, 0.15) is 0 Å². The van der Waals surface area contributed by atoms with Crippen LogP contribution in [-0.2, 0) is 11.2 Å². The van der Waals surface area contributed by atoms with Crippen LogP contribution in [0.15, 0.2) is 18.2 Å². The quantitative estimate of drug-likeness (QED) is 0.843. The Morgan fingerprint density at radius 1 is 1.33 bits per heavy atom. The van der Waals surface area contributed by atoms with E-state index in [0.717, 1.165) is 5.56 Å². The molecule has 1 aliphatic carbocycles. The molecule has 0 unspecified atom stereocenters. The third-order valence-electron chi connectivity index (χ3n) is 2.86. The first-order chi connectivity index (χ1) is 8.65. The van der Waals surface area contributed by atoms with Crippen molar-refractivity contribution in [2.75, 3.05) is 13.1 Å². The summed E-state index contributed by atoms with van der Waals surface area (Å²) in [7, 11) is 0. The molecular formula is C13H16Cl2N2O. The molecule has 0 bridgehead atoms. The zero-order valence-corrected chi connectivity index (χ0v) is 11.5. The van der Waals surface area contributed by atoms with E-state index in [4.69, 9.17) is 23.2 Å². The van der Waals surface area contributed by atoms with Gasteiger partial charge in [-0.05, 0) is 37.0 Å². The van der Waals surface area contributed by atoms with Gasteiger partial charge in [-0.1, -0.05) is 29.3 Å². The van der Waals surface area contributed by atoms with E-state index in [0.29, 0.717) is 35.6 Å². The molecule has 0 spiro atoms. The van der Waals surface area contributed by atoms with Gasteiger partial charge in [0, 0.05) is 22.6 Å². The second kappa shape index (κ2) is 6.41. The second-order valence-electron chi connectivity index (χ2n) is 4.49. The van der Waals surface area contributed by atoms with Crippen molar-refractivity contribution in [3.63, 3.8) is 0 Å². The highest BCUT2D eigenvalue weighted by molar-refractivity contribution is 6.35. The van der Waals surface area contributed by atoms with Gasteiger partial charge < -0.3 is 10.6 Å². The molecule has 0 atom stereocenters. The van der Waals surface area contributed by atoms with Gasteiger partial charge in [0.15, 0.2) is 0 Å². The molecule has 1 aliphatic rings. The van der Waals surface area contributed by atoms with Crippen molar-refractivity contribution in [1.82, 2.24) is 10.6 Å². The fourth-order valence-corrected chi connectivity index (χ4v) is 2.15. The van der Waals surface area contributed by atoms with Crippen LogP contribution in [0, 0.1) is 0 Å². The minimum atomic E-state index is 0.0342. The van der Waals surface area contributed by atoms with Gasteiger partial charge in [-0.3, -0.25) is 4.79 Å². The van der Waals surface area contributed by atoms with Crippen molar-refractivity contribution in [3.05, 3.63) is 33.8 Å². The molecule has 2 N–H and O–H groups in total. The Hall–Kier alpha value is -0.770. The predicted molar refractivity (Wildman–Crippen MR) is 74.2 cm³/mol. The summed E-state index contributed by atoms with van der Waals surface area (Å²) in [4.78, 5) is 11.5. The molecule has 1 saturated carbocycles. The monoisotopic (exact) mass is 286 g/mol. The average Bonchev–Trinajstić information content (AvgIpc) is 3.13. The largest absolute Gasteiger partial charge is 0.355 e. The zero-order valence-electron chi connectivity index (χ0n) is 10.0. The normalized spacial score (nSPS) is 14.6. The number of halogens is 2. The first-order valence-electron chi connectivity index (χ1n) is 6.09. The maximum absolute atomic E-state index is 11.5. The molecule has 0 heterocycles. The van der Waals surface area contributed by atoms with E-state index in [2.05, 4.69) is 10.6 Å². The highest BCUT2D eigenvalue weighted by Gasteiger charge is 2.20. The lowest BCUT2D eigenvalue weighted by Crippen LogP contribution is -2.35. The fourth-order valence-electron chi connectivity index (χ4n) is 1.65. The minimum Gasteiger partial charge on any atom is -0.355 e. The summed E-state index contributed by atoms with van der Waals surface area (Å²) >= 11 is 11.9. The van der Waals surface area contributed by atoms with Crippen molar-refractivity contribution >= 4 is 29.1 Å². The predicted octanol–water partition coefficient (Wildman–Crippen LogP) is 2.40. The van der Waals surface area contributed by atoms with Crippen molar-refractivity contribution in [2.24, 2.45) is 0 Å². The first kappa shape index (κ1) is 13.7. The Bertz CT molecular complexity index is 433. The van der Waals surface area contributed by atoms with Gasteiger partial charge in [0.2, 0.25) is 5.91 Å². The molecule has 0 saturated heterocycles. The van der Waals surface area contributed by atoms with Gasteiger partial charge in [0.25, 0.3) is 0 Å². The Morgan fingerprint density at radius 2 is 2.11 bits per heavy atom. The smallest absolute Gasteiger partial charge is 0.233 e. The van der Waals surface area contributed by atoms with E-state index in [1.165, 1.54) is 12.8 Å². The Kier molecular flexibility index (Phi) is 4.87. The molecule has 5 heteroatoms. The van der Waals surface area contributed by atoms with Crippen LogP contribution in [0.4, 0.5) is 0 Å². The molecule has 2 rings (SSSR count). The number of benzene rings is 1. The van der Waals surface area contributed by atoms with E-state index >= 15 is 0 Å². The maximum Gasteiger partial charge on any atom is 0.233 e. The summed E-state index contributed by atoms with van der Waals surface area (Å²) in [6.07, 6.45) is 3.09. The molecule has 3 nitrogen and oxygen atoms in total. The maximum atomic E-state index is 11.5. The van der Waals surface area contributed by atoms with E-state index in [-0.39, 0.29) is 5.91 Å². The third kappa shape index (κ3) is 4.48. The number of hydrogen-bond acceptors (Lipinski definition) is 2. The van der Waals surface area contributed by atoms with Gasteiger partial charge >= 0.3 is 0 Å². The summed E-state index contributed by atoms with van der Waals surface area (Å²) < 4.78 is 0.